The van der Waals surface area contributed by atoms with E-state index in [0.29, 0.717) is 18.6 Å². The molecule has 3 unspecified atom stereocenters. The molecule has 1 aromatic heterocycles. The monoisotopic (exact) mass is 476 g/mol. The Morgan fingerprint density at radius 2 is 2.00 bits per heavy atom. The SMILES string of the molecule is COc1cc(C2=NOC3(CCCN(C(C)c4ccc(P)cc4)C3=O)C2)ccc1-n1cnc(C)c1. The lowest BCUT2D eigenvalue weighted by molar-refractivity contribution is -0.164. The van der Waals surface area contributed by atoms with E-state index in [9.17, 15) is 4.79 Å². The normalized spacial score (nSPS) is 20.9. The zero-order chi connectivity index (χ0) is 23.9. The minimum Gasteiger partial charge on any atom is -0.495 e. The molecule has 2 aliphatic rings. The Labute approximate surface area is 202 Å². The number of carbonyl (C=O) groups is 1. The number of carbonyl (C=O) groups excluding carboxylic acids is 1. The fourth-order valence-electron chi connectivity index (χ4n) is 4.83. The van der Waals surface area contributed by atoms with Crippen LogP contribution in [0.25, 0.3) is 5.69 Å². The molecule has 3 atom stereocenters. The number of amides is 1. The van der Waals surface area contributed by atoms with Gasteiger partial charge in [0.05, 0.1) is 36.6 Å². The highest BCUT2D eigenvalue weighted by atomic mass is 31.0. The van der Waals surface area contributed by atoms with Crippen LogP contribution >= 0.6 is 9.24 Å². The predicted octanol–water partition coefficient (Wildman–Crippen LogP) is 3.94. The molecule has 1 amide bonds. The lowest BCUT2D eigenvalue weighted by Gasteiger charge is -2.40. The number of aromatic nitrogens is 2. The van der Waals surface area contributed by atoms with Gasteiger partial charge in [0.25, 0.3) is 5.91 Å². The number of ether oxygens (including phenoxy) is 1. The summed E-state index contributed by atoms with van der Waals surface area (Å²) < 4.78 is 7.58. The van der Waals surface area contributed by atoms with Crippen molar-refractivity contribution in [2.24, 2.45) is 5.16 Å². The molecule has 1 spiro atoms. The molecule has 3 aromatic rings. The van der Waals surface area contributed by atoms with E-state index in [4.69, 9.17) is 9.57 Å². The van der Waals surface area contributed by atoms with Gasteiger partial charge < -0.3 is 19.0 Å². The van der Waals surface area contributed by atoms with Gasteiger partial charge in [-0.3, -0.25) is 4.79 Å². The minimum atomic E-state index is -0.935. The molecular weight excluding hydrogens is 447 g/mol. The van der Waals surface area contributed by atoms with Crippen LogP contribution in [0.15, 0.2) is 60.1 Å². The molecule has 0 bridgehead atoms. The smallest absolute Gasteiger partial charge is 0.270 e. The standard InChI is InChI=1S/C26H29N4O3P/c1-17-15-29(16-27-17)23-10-7-20(13-24(23)32-3)22-14-26(33-28-22)11-4-12-30(25(26)31)18(2)19-5-8-21(34)9-6-19/h5-10,13,15-16,18H,4,11-12,14,34H2,1-3H3. The molecule has 1 saturated heterocycles. The van der Waals surface area contributed by atoms with E-state index in [1.807, 2.05) is 40.8 Å². The first-order chi connectivity index (χ1) is 16.4. The Morgan fingerprint density at radius 1 is 1.21 bits per heavy atom. The van der Waals surface area contributed by atoms with Crippen LogP contribution in [0.3, 0.4) is 0 Å². The zero-order valence-electron chi connectivity index (χ0n) is 19.7. The molecule has 1 fully saturated rings. The molecule has 34 heavy (non-hydrogen) atoms. The van der Waals surface area contributed by atoms with Crippen LogP contribution in [0, 0.1) is 6.92 Å². The van der Waals surface area contributed by atoms with Crippen molar-refractivity contribution in [3.63, 3.8) is 0 Å². The number of piperidine rings is 1. The molecule has 0 N–H and O–H groups in total. The van der Waals surface area contributed by atoms with Crippen LogP contribution < -0.4 is 10.0 Å². The maximum absolute atomic E-state index is 13.7. The topological polar surface area (TPSA) is 69.0 Å². The van der Waals surface area contributed by atoms with Crippen LogP contribution in [-0.2, 0) is 9.63 Å². The maximum Gasteiger partial charge on any atom is 0.270 e. The fourth-order valence-corrected chi connectivity index (χ4v) is 5.03. The number of hydrogen-bond acceptors (Lipinski definition) is 5. The molecule has 5 rings (SSSR count). The third-order valence-electron chi connectivity index (χ3n) is 6.80. The van der Waals surface area contributed by atoms with Gasteiger partial charge in [-0.05, 0) is 43.3 Å². The molecule has 0 radical (unpaired) electrons. The Morgan fingerprint density at radius 3 is 2.71 bits per heavy atom. The van der Waals surface area contributed by atoms with Gasteiger partial charge in [0, 0.05) is 31.1 Å². The lowest BCUT2D eigenvalue weighted by atomic mass is 9.84. The largest absolute Gasteiger partial charge is 0.495 e. The number of aryl methyl sites for hydroxylation is 1. The van der Waals surface area contributed by atoms with E-state index >= 15 is 0 Å². The van der Waals surface area contributed by atoms with Gasteiger partial charge in [0.15, 0.2) is 0 Å². The number of imidazole rings is 1. The van der Waals surface area contributed by atoms with Crippen molar-refractivity contribution in [2.75, 3.05) is 13.7 Å². The third kappa shape index (κ3) is 3.98. The summed E-state index contributed by atoms with van der Waals surface area (Å²) in [6.45, 7) is 4.74. The average molecular weight is 477 g/mol. The van der Waals surface area contributed by atoms with Crippen molar-refractivity contribution in [1.29, 1.82) is 0 Å². The second kappa shape index (κ2) is 8.88. The lowest BCUT2D eigenvalue weighted by Crippen LogP contribution is -2.54. The Kier molecular flexibility index (Phi) is 5.90. The van der Waals surface area contributed by atoms with Gasteiger partial charge in [0.2, 0.25) is 5.60 Å². The summed E-state index contributed by atoms with van der Waals surface area (Å²) in [6.07, 6.45) is 5.71. The van der Waals surface area contributed by atoms with Gasteiger partial charge in [-0.25, -0.2) is 4.98 Å². The minimum absolute atomic E-state index is 0.0115. The number of benzene rings is 2. The second-order valence-corrected chi connectivity index (χ2v) is 9.72. The molecule has 7 nitrogen and oxygen atoms in total. The Balaban J connectivity index is 1.37. The van der Waals surface area contributed by atoms with Crippen molar-refractivity contribution in [3.05, 3.63) is 71.8 Å². The average Bonchev–Trinajstić information content (AvgIpc) is 3.48. The van der Waals surface area contributed by atoms with Crippen molar-refractivity contribution >= 4 is 26.2 Å². The number of likely N-dealkylation sites (tertiary alicyclic amines) is 1. The highest BCUT2D eigenvalue weighted by molar-refractivity contribution is 7.27. The van der Waals surface area contributed by atoms with Gasteiger partial charge >= 0.3 is 0 Å². The maximum atomic E-state index is 13.7. The number of nitrogens with zero attached hydrogens (tertiary/aromatic N) is 4. The summed E-state index contributed by atoms with van der Waals surface area (Å²) in [4.78, 5) is 25.8. The van der Waals surface area contributed by atoms with Crippen LogP contribution in [0.2, 0.25) is 0 Å². The first-order valence-corrected chi connectivity index (χ1v) is 12.1. The van der Waals surface area contributed by atoms with E-state index in [0.717, 1.165) is 46.5 Å². The van der Waals surface area contributed by atoms with Gasteiger partial charge in [-0.1, -0.05) is 35.5 Å². The summed E-state index contributed by atoms with van der Waals surface area (Å²) in [7, 11) is 4.34. The van der Waals surface area contributed by atoms with Gasteiger partial charge in [0.1, 0.15) is 5.75 Å². The fraction of sp³-hybridized carbons (Fsp3) is 0.346. The van der Waals surface area contributed by atoms with Crippen LogP contribution in [-0.4, -0.2) is 45.3 Å². The summed E-state index contributed by atoms with van der Waals surface area (Å²) in [5.74, 6) is 0.721. The zero-order valence-corrected chi connectivity index (χ0v) is 20.8. The first-order valence-electron chi connectivity index (χ1n) is 11.5. The summed E-state index contributed by atoms with van der Waals surface area (Å²) in [5, 5.41) is 5.51. The van der Waals surface area contributed by atoms with Crippen LogP contribution in [0.4, 0.5) is 0 Å². The number of oxime groups is 1. The van der Waals surface area contributed by atoms with E-state index in [2.05, 4.69) is 50.6 Å². The van der Waals surface area contributed by atoms with E-state index in [1.54, 1.807) is 13.4 Å². The number of methoxy groups -OCH3 is 1. The third-order valence-corrected chi connectivity index (χ3v) is 7.19. The number of hydrogen-bond donors (Lipinski definition) is 0. The molecule has 176 valence electrons. The molecular formula is C26H29N4O3P. The highest BCUT2D eigenvalue weighted by Crippen LogP contribution is 2.39. The summed E-state index contributed by atoms with van der Waals surface area (Å²) in [5.41, 5.74) is 3.67. The van der Waals surface area contributed by atoms with Crippen molar-refractivity contribution in [3.8, 4) is 11.4 Å². The van der Waals surface area contributed by atoms with Gasteiger partial charge in [-0.15, -0.1) is 9.24 Å². The van der Waals surface area contributed by atoms with Gasteiger partial charge in [-0.2, -0.15) is 0 Å². The van der Waals surface area contributed by atoms with E-state index in [-0.39, 0.29) is 11.9 Å². The molecule has 3 heterocycles. The molecule has 2 aromatic carbocycles. The molecule has 8 heteroatoms. The number of rotatable bonds is 5. The Bertz CT molecular complexity index is 1250. The quantitative estimate of drug-likeness (QED) is 0.523. The summed E-state index contributed by atoms with van der Waals surface area (Å²) in [6, 6.07) is 14.2. The van der Waals surface area contributed by atoms with Crippen molar-refractivity contribution in [1.82, 2.24) is 14.5 Å². The van der Waals surface area contributed by atoms with E-state index in [1.165, 1.54) is 0 Å². The molecule has 0 aliphatic carbocycles. The van der Waals surface area contributed by atoms with Crippen LogP contribution in [0.1, 0.15) is 49.0 Å². The molecule has 0 saturated carbocycles. The van der Waals surface area contributed by atoms with Crippen molar-refractivity contribution in [2.45, 2.75) is 44.8 Å². The Hall–Kier alpha value is -3.18. The molecule has 2 aliphatic heterocycles. The first kappa shape index (κ1) is 22.6. The summed E-state index contributed by atoms with van der Waals surface area (Å²) >= 11 is 0. The predicted molar refractivity (Wildman–Crippen MR) is 135 cm³/mol. The van der Waals surface area contributed by atoms with Crippen molar-refractivity contribution < 1.29 is 14.4 Å². The van der Waals surface area contributed by atoms with Crippen LogP contribution in [0.5, 0.6) is 5.75 Å². The van der Waals surface area contributed by atoms with E-state index < -0.39 is 5.60 Å². The second-order valence-electron chi connectivity index (χ2n) is 9.05. The highest BCUT2D eigenvalue weighted by Gasteiger charge is 2.51.